The van der Waals surface area contributed by atoms with E-state index >= 15 is 0 Å². The molecule has 0 spiro atoms. The maximum Gasteiger partial charge on any atom is 0.0366 e. The van der Waals surface area contributed by atoms with E-state index in [1.165, 1.54) is 53.7 Å². The Morgan fingerprint density at radius 1 is 1.06 bits per heavy atom. The molecule has 0 atom stereocenters. The van der Waals surface area contributed by atoms with Crippen molar-refractivity contribution in [1.29, 1.82) is 0 Å². The minimum Gasteiger partial charge on any atom is -0.399 e. The van der Waals surface area contributed by atoms with Crippen molar-refractivity contribution in [3.8, 4) is 0 Å². The van der Waals surface area contributed by atoms with Gasteiger partial charge >= 0.3 is 0 Å². The van der Waals surface area contributed by atoms with Crippen molar-refractivity contribution < 1.29 is 0 Å². The van der Waals surface area contributed by atoms with Crippen LogP contribution in [0.2, 0.25) is 0 Å². The molecule has 0 amide bonds. The van der Waals surface area contributed by atoms with Crippen molar-refractivity contribution in [3.05, 3.63) is 29.1 Å². The van der Waals surface area contributed by atoms with Crippen molar-refractivity contribution in [3.63, 3.8) is 0 Å². The van der Waals surface area contributed by atoms with Crippen LogP contribution in [-0.4, -0.2) is 18.0 Å². The maximum absolute atomic E-state index is 5.83. The number of likely N-dealkylation sites (tertiary alicyclic amines) is 1. The van der Waals surface area contributed by atoms with Gasteiger partial charge in [-0.05, 0) is 49.5 Å². The summed E-state index contributed by atoms with van der Waals surface area (Å²) >= 11 is 1.89. The number of thiophene rings is 1. The summed E-state index contributed by atoms with van der Waals surface area (Å²) < 4.78 is 1.32. The van der Waals surface area contributed by atoms with Crippen molar-refractivity contribution in [2.45, 2.75) is 32.2 Å². The molecular weight excluding hydrogens is 240 g/mol. The molecule has 1 aliphatic rings. The fraction of sp³-hybridized carbons (Fsp3) is 0.467. The van der Waals surface area contributed by atoms with Gasteiger partial charge in [0, 0.05) is 21.8 Å². The van der Waals surface area contributed by atoms with Gasteiger partial charge in [0.05, 0.1) is 0 Å². The number of rotatable bonds is 2. The first kappa shape index (κ1) is 12.0. The number of nitrogen functional groups attached to an aromatic ring is 1. The summed E-state index contributed by atoms with van der Waals surface area (Å²) in [6, 6.07) is 8.54. The van der Waals surface area contributed by atoms with E-state index in [2.05, 4.69) is 23.1 Å². The predicted octanol–water partition coefficient (Wildman–Crippen LogP) is 3.86. The van der Waals surface area contributed by atoms with Crippen LogP contribution in [-0.2, 0) is 6.54 Å². The molecule has 96 valence electrons. The second kappa shape index (κ2) is 5.29. The highest BCUT2D eigenvalue weighted by Gasteiger charge is 2.11. The summed E-state index contributed by atoms with van der Waals surface area (Å²) in [6.07, 6.45) is 5.52. The van der Waals surface area contributed by atoms with Crippen LogP contribution < -0.4 is 5.73 Å². The molecule has 3 rings (SSSR count). The van der Waals surface area contributed by atoms with Gasteiger partial charge in [-0.15, -0.1) is 11.3 Å². The normalized spacial score (nSPS) is 18.0. The van der Waals surface area contributed by atoms with Crippen LogP contribution in [0.4, 0.5) is 5.69 Å². The van der Waals surface area contributed by atoms with Gasteiger partial charge in [-0.25, -0.2) is 0 Å². The molecule has 1 fully saturated rings. The first-order valence-electron chi connectivity index (χ1n) is 6.81. The average Bonchev–Trinajstić information content (AvgIpc) is 2.57. The van der Waals surface area contributed by atoms with E-state index in [0.29, 0.717) is 0 Å². The molecule has 0 unspecified atom stereocenters. The second-order valence-electron chi connectivity index (χ2n) is 5.20. The molecule has 0 saturated carbocycles. The zero-order valence-corrected chi connectivity index (χ0v) is 11.5. The Morgan fingerprint density at radius 3 is 2.61 bits per heavy atom. The van der Waals surface area contributed by atoms with Crippen molar-refractivity contribution >= 4 is 27.1 Å². The zero-order valence-electron chi connectivity index (χ0n) is 10.7. The Balaban J connectivity index is 1.77. The lowest BCUT2D eigenvalue weighted by Gasteiger charge is -2.18. The molecule has 18 heavy (non-hydrogen) atoms. The zero-order chi connectivity index (χ0) is 12.4. The number of hydrogen-bond donors (Lipinski definition) is 1. The summed E-state index contributed by atoms with van der Waals surface area (Å²) in [5.74, 6) is 0. The van der Waals surface area contributed by atoms with Crippen molar-refractivity contribution in [2.24, 2.45) is 0 Å². The molecule has 3 heteroatoms. The molecule has 1 aromatic carbocycles. The second-order valence-corrected chi connectivity index (χ2v) is 6.37. The number of hydrogen-bond acceptors (Lipinski definition) is 3. The highest BCUT2D eigenvalue weighted by molar-refractivity contribution is 7.19. The van der Waals surface area contributed by atoms with Gasteiger partial charge in [0.25, 0.3) is 0 Å². The molecule has 0 aliphatic carbocycles. The Hall–Kier alpha value is -1.06. The Bertz CT molecular complexity index is 524. The van der Waals surface area contributed by atoms with Gasteiger partial charge in [0.2, 0.25) is 0 Å². The molecule has 2 heterocycles. The van der Waals surface area contributed by atoms with E-state index in [4.69, 9.17) is 5.73 Å². The van der Waals surface area contributed by atoms with E-state index in [9.17, 15) is 0 Å². The lowest BCUT2D eigenvalue weighted by atomic mass is 10.2. The first-order chi connectivity index (χ1) is 8.81. The van der Waals surface area contributed by atoms with E-state index in [-0.39, 0.29) is 0 Å². The lowest BCUT2D eigenvalue weighted by molar-refractivity contribution is 0.279. The lowest BCUT2D eigenvalue weighted by Crippen LogP contribution is -2.23. The number of nitrogens with two attached hydrogens (primary N) is 1. The molecule has 1 saturated heterocycles. The van der Waals surface area contributed by atoms with Crippen molar-refractivity contribution in [1.82, 2.24) is 4.90 Å². The van der Waals surface area contributed by atoms with Gasteiger partial charge in [-0.1, -0.05) is 18.9 Å². The van der Waals surface area contributed by atoms with Gasteiger partial charge in [0.1, 0.15) is 0 Å². The van der Waals surface area contributed by atoms with Crippen molar-refractivity contribution in [2.75, 3.05) is 18.8 Å². The van der Waals surface area contributed by atoms with Gasteiger partial charge in [-0.2, -0.15) is 0 Å². The van der Waals surface area contributed by atoms with E-state index < -0.39 is 0 Å². The van der Waals surface area contributed by atoms with Gasteiger partial charge < -0.3 is 5.73 Å². The van der Waals surface area contributed by atoms with Gasteiger partial charge in [0.15, 0.2) is 0 Å². The van der Waals surface area contributed by atoms with Crippen LogP contribution in [0.15, 0.2) is 24.3 Å². The third-order valence-corrected chi connectivity index (χ3v) is 4.76. The molecule has 2 aromatic rings. The minimum absolute atomic E-state index is 0.866. The third-order valence-electron chi connectivity index (χ3n) is 3.67. The average molecular weight is 260 g/mol. The molecule has 0 radical (unpaired) electrons. The number of nitrogens with zero attached hydrogens (tertiary/aromatic N) is 1. The topological polar surface area (TPSA) is 29.3 Å². The largest absolute Gasteiger partial charge is 0.399 e. The summed E-state index contributed by atoms with van der Waals surface area (Å²) in [6.45, 7) is 3.63. The van der Waals surface area contributed by atoms with Gasteiger partial charge in [-0.3, -0.25) is 4.90 Å². The Labute approximate surface area is 112 Å². The van der Waals surface area contributed by atoms with Crippen LogP contribution in [0.1, 0.15) is 30.6 Å². The summed E-state index contributed by atoms with van der Waals surface area (Å²) in [4.78, 5) is 4.07. The van der Waals surface area contributed by atoms with Crippen LogP contribution in [0.25, 0.3) is 10.1 Å². The fourth-order valence-corrected chi connectivity index (χ4v) is 3.85. The smallest absolute Gasteiger partial charge is 0.0366 e. The molecule has 1 aliphatic heterocycles. The van der Waals surface area contributed by atoms with E-state index in [0.717, 1.165) is 12.2 Å². The Morgan fingerprint density at radius 2 is 1.83 bits per heavy atom. The van der Waals surface area contributed by atoms with Crippen LogP contribution in [0.3, 0.4) is 0 Å². The highest BCUT2D eigenvalue weighted by Crippen LogP contribution is 2.28. The molecule has 2 nitrogen and oxygen atoms in total. The summed E-state index contributed by atoms with van der Waals surface area (Å²) in [7, 11) is 0. The molecule has 1 aromatic heterocycles. The minimum atomic E-state index is 0.866. The highest BCUT2D eigenvalue weighted by atomic mass is 32.1. The predicted molar refractivity (Wildman–Crippen MR) is 80.0 cm³/mol. The standard InChI is InChI=1S/C15H20N2S/c16-13-6-5-12-9-14(18-15(12)10-13)11-17-7-3-1-2-4-8-17/h5-6,9-10H,1-4,7-8,11,16H2. The van der Waals surface area contributed by atoms with Crippen LogP contribution >= 0.6 is 11.3 Å². The molecule has 0 bridgehead atoms. The van der Waals surface area contributed by atoms with Crippen LogP contribution in [0.5, 0.6) is 0 Å². The maximum atomic E-state index is 5.83. The van der Waals surface area contributed by atoms with Crippen LogP contribution in [0, 0.1) is 0 Å². The number of benzene rings is 1. The van der Waals surface area contributed by atoms with E-state index in [1.54, 1.807) is 0 Å². The number of anilines is 1. The number of fused-ring (bicyclic) bond motifs is 1. The summed E-state index contributed by atoms with van der Waals surface area (Å²) in [5.41, 5.74) is 6.70. The molecular formula is C15H20N2S. The summed E-state index contributed by atoms with van der Waals surface area (Å²) in [5, 5.41) is 1.33. The molecule has 2 N–H and O–H groups in total. The fourth-order valence-electron chi connectivity index (χ4n) is 2.70. The third kappa shape index (κ3) is 2.68. The first-order valence-corrected chi connectivity index (χ1v) is 7.63. The SMILES string of the molecule is Nc1ccc2cc(CN3CCCCCC3)sc2c1. The monoisotopic (exact) mass is 260 g/mol. The van der Waals surface area contributed by atoms with E-state index in [1.807, 2.05) is 17.4 Å². The quantitative estimate of drug-likeness (QED) is 0.831. The Kier molecular flexibility index (Phi) is 3.52.